The smallest absolute Gasteiger partial charge is 0.239 e. The second-order valence-electron chi connectivity index (χ2n) is 8.93. The normalized spacial score (nSPS) is 23.3. The number of nitrogens with two attached hydrogens (primary N) is 1. The standard InChI is InChI=1S/C23H35N3O2.2ClH/c24-21(20-9-15-28-16-10-20)22(27)25-13-14-26(17-19-7-3-1-4-8-19)23(18-25)11-5-2-6-12-23;;/h1,3-4,7-8,20-21H,2,5-6,9-18,24H2;2*1H. The number of amides is 1. The highest BCUT2D eigenvalue weighted by Gasteiger charge is 2.44. The second kappa shape index (κ2) is 11.7. The first-order chi connectivity index (χ1) is 13.7. The lowest BCUT2D eigenvalue weighted by Gasteiger charge is -2.53. The minimum absolute atomic E-state index is 0. The molecule has 2 aliphatic heterocycles. The van der Waals surface area contributed by atoms with Crippen molar-refractivity contribution in [3.63, 3.8) is 0 Å². The summed E-state index contributed by atoms with van der Waals surface area (Å²) in [5, 5.41) is 0. The van der Waals surface area contributed by atoms with Crippen LogP contribution in [-0.4, -0.2) is 60.1 Å². The lowest BCUT2D eigenvalue weighted by molar-refractivity contribution is -0.142. The Morgan fingerprint density at radius 3 is 2.40 bits per heavy atom. The summed E-state index contributed by atoms with van der Waals surface area (Å²) in [7, 11) is 0. The summed E-state index contributed by atoms with van der Waals surface area (Å²) in [5.41, 5.74) is 7.93. The van der Waals surface area contributed by atoms with Gasteiger partial charge in [0.1, 0.15) is 0 Å². The number of hydrogen-bond acceptors (Lipinski definition) is 4. The number of nitrogens with zero attached hydrogens (tertiary/aromatic N) is 2. The van der Waals surface area contributed by atoms with Crippen molar-refractivity contribution in [3.05, 3.63) is 35.9 Å². The summed E-state index contributed by atoms with van der Waals surface area (Å²) in [6.07, 6.45) is 8.04. The summed E-state index contributed by atoms with van der Waals surface area (Å²) >= 11 is 0. The van der Waals surface area contributed by atoms with Crippen molar-refractivity contribution >= 4 is 30.7 Å². The molecule has 1 aromatic carbocycles. The van der Waals surface area contributed by atoms with Gasteiger partial charge in [0.05, 0.1) is 6.04 Å². The van der Waals surface area contributed by atoms with Gasteiger partial charge in [-0.05, 0) is 37.2 Å². The Hall–Kier alpha value is -0.850. The summed E-state index contributed by atoms with van der Waals surface area (Å²) in [5.74, 6) is 0.433. The van der Waals surface area contributed by atoms with Crippen LogP contribution in [0, 0.1) is 5.92 Å². The molecule has 0 radical (unpaired) electrons. The highest BCUT2D eigenvalue weighted by molar-refractivity contribution is 5.85. The van der Waals surface area contributed by atoms with Crippen LogP contribution in [0.1, 0.15) is 50.5 Å². The average Bonchev–Trinajstić information content (AvgIpc) is 2.76. The van der Waals surface area contributed by atoms with E-state index in [0.717, 1.165) is 52.2 Å². The van der Waals surface area contributed by atoms with E-state index in [-0.39, 0.29) is 48.2 Å². The Labute approximate surface area is 193 Å². The van der Waals surface area contributed by atoms with Gasteiger partial charge in [-0.3, -0.25) is 9.69 Å². The van der Waals surface area contributed by atoms with E-state index in [2.05, 4.69) is 40.1 Å². The fourth-order valence-corrected chi connectivity index (χ4v) is 5.42. The van der Waals surface area contributed by atoms with Crippen LogP contribution in [-0.2, 0) is 16.1 Å². The lowest BCUT2D eigenvalue weighted by atomic mass is 9.78. The maximum atomic E-state index is 13.2. The van der Waals surface area contributed by atoms with Gasteiger partial charge in [0.2, 0.25) is 5.91 Å². The largest absolute Gasteiger partial charge is 0.381 e. The fraction of sp³-hybridized carbons (Fsp3) is 0.696. The summed E-state index contributed by atoms with van der Waals surface area (Å²) in [6, 6.07) is 10.4. The monoisotopic (exact) mass is 457 g/mol. The average molecular weight is 458 g/mol. The molecule has 5 nitrogen and oxygen atoms in total. The topological polar surface area (TPSA) is 58.8 Å². The fourth-order valence-electron chi connectivity index (χ4n) is 5.42. The highest BCUT2D eigenvalue weighted by Crippen LogP contribution is 2.38. The quantitative estimate of drug-likeness (QED) is 0.749. The minimum atomic E-state index is -0.370. The van der Waals surface area contributed by atoms with Crippen LogP contribution >= 0.6 is 24.8 Å². The van der Waals surface area contributed by atoms with Crippen LogP contribution < -0.4 is 5.73 Å². The van der Waals surface area contributed by atoms with E-state index in [4.69, 9.17) is 10.5 Å². The number of benzene rings is 1. The van der Waals surface area contributed by atoms with Crippen LogP contribution in [0.4, 0.5) is 0 Å². The van der Waals surface area contributed by atoms with E-state index >= 15 is 0 Å². The summed E-state index contributed by atoms with van der Waals surface area (Å²) in [6.45, 7) is 5.04. The Morgan fingerprint density at radius 1 is 1.07 bits per heavy atom. The SMILES string of the molecule is Cl.Cl.NC(C(=O)N1CCN(Cc2ccccc2)C2(CCCCC2)C1)C1CCOCC1. The number of piperazine rings is 1. The number of hydrogen-bond donors (Lipinski definition) is 1. The Morgan fingerprint density at radius 2 is 1.73 bits per heavy atom. The summed E-state index contributed by atoms with van der Waals surface area (Å²) in [4.78, 5) is 18.0. The van der Waals surface area contributed by atoms with E-state index in [1.807, 2.05) is 0 Å². The van der Waals surface area contributed by atoms with Crippen molar-refractivity contribution in [2.45, 2.75) is 63.1 Å². The van der Waals surface area contributed by atoms with Gasteiger partial charge in [0, 0.05) is 44.9 Å². The van der Waals surface area contributed by atoms with Gasteiger partial charge in [0.25, 0.3) is 0 Å². The molecule has 0 aromatic heterocycles. The van der Waals surface area contributed by atoms with E-state index in [1.54, 1.807) is 0 Å². The zero-order valence-electron chi connectivity index (χ0n) is 17.8. The molecule has 4 rings (SSSR count). The molecule has 1 aromatic rings. The Balaban J connectivity index is 0.00000160. The van der Waals surface area contributed by atoms with Crippen molar-refractivity contribution < 1.29 is 9.53 Å². The number of rotatable bonds is 4. The first-order valence-corrected chi connectivity index (χ1v) is 11.1. The molecular weight excluding hydrogens is 421 g/mol. The van der Waals surface area contributed by atoms with Gasteiger partial charge < -0.3 is 15.4 Å². The van der Waals surface area contributed by atoms with Crippen LogP contribution in [0.2, 0.25) is 0 Å². The third-order valence-electron chi connectivity index (χ3n) is 7.17. The van der Waals surface area contributed by atoms with Crippen LogP contribution in [0.5, 0.6) is 0 Å². The molecule has 2 heterocycles. The van der Waals surface area contributed by atoms with Gasteiger partial charge in [-0.15, -0.1) is 24.8 Å². The van der Waals surface area contributed by atoms with E-state index in [1.165, 1.54) is 37.7 Å². The van der Waals surface area contributed by atoms with Crippen molar-refractivity contribution in [1.29, 1.82) is 0 Å². The molecule has 0 bridgehead atoms. The third kappa shape index (κ3) is 5.68. The van der Waals surface area contributed by atoms with Gasteiger partial charge in [-0.1, -0.05) is 49.6 Å². The van der Waals surface area contributed by atoms with Gasteiger partial charge in [-0.25, -0.2) is 0 Å². The molecule has 2 saturated heterocycles. The molecule has 1 amide bonds. The molecule has 1 aliphatic carbocycles. The number of ether oxygens (including phenoxy) is 1. The first kappa shape index (κ1) is 25.4. The maximum absolute atomic E-state index is 13.2. The van der Waals surface area contributed by atoms with E-state index in [9.17, 15) is 4.79 Å². The highest BCUT2D eigenvalue weighted by atomic mass is 35.5. The van der Waals surface area contributed by atoms with Crippen molar-refractivity contribution in [3.8, 4) is 0 Å². The zero-order chi connectivity index (χ0) is 19.4. The minimum Gasteiger partial charge on any atom is -0.381 e. The molecule has 3 aliphatic rings. The van der Waals surface area contributed by atoms with Gasteiger partial charge in [0.15, 0.2) is 0 Å². The number of carbonyl (C=O) groups excluding carboxylic acids is 1. The van der Waals surface area contributed by atoms with Crippen LogP contribution in [0.15, 0.2) is 30.3 Å². The van der Waals surface area contributed by atoms with Crippen molar-refractivity contribution in [2.75, 3.05) is 32.8 Å². The third-order valence-corrected chi connectivity index (χ3v) is 7.17. The molecule has 1 unspecified atom stereocenters. The molecule has 30 heavy (non-hydrogen) atoms. The van der Waals surface area contributed by atoms with Crippen molar-refractivity contribution in [2.24, 2.45) is 11.7 Å². The van der Waals surface area contributed by atoms with Gasteiger partial charge >= 0.3 is 0 Å². The predicted molar refractivity (Wildman–Crippen MR) is 125 cm³/mol. The number of carbonyl (C=O) groups is 1. The summed E-state index contributed by atoms with van der Waals surface area (Å²) < 4.78 is 5.45. The zero-order valence-corrected chi connectivity index (χ0v) is 19.5. The van der Waals surface area contributed by atoms with Gasteiger partial charge in [-0.2, -0.15) is 0 Å². The van der Waals surface area contributed by atoms with Crippen LogP contribution in [0.25, 0.3) is 0 Å². The second-order valence-corrected chi connectivity index (χ2v) is 8.93. The Kier molecular flexibility index (Phi) is 9.89. The molecule has 1 atom stereocenters. The molecule has 1 saturated carbocycles. The first-order valence-electron chi connectivity index (χ1n) is 11.1. The van der Waals surface area contributed by atoms with Crippen LogP contribution in [0.3, 0.4) is 0 Å². The Bertz CT molecular complexity index is 649. The molecule has 7 heteroatoms. The maximum Gasteiger partial charge on any atom is 0.239 e. The molecule has 3 fully saturated rings. The van der Waals surface area contributed by atoms with Crippen molar-refractivity contribution in [1.82, 2.24) is 9.80 Å². The molecule has 170 valence electrons. The predicted octanol–water partition coefficient (Wildman–Crippen LogP) is 3.63. The molecule has 1 spiro atoms. The molecule has 2 N–H and O–H groups in total. The van der Waals surface area contributed by atoms with E-state index in [0.29, 0.717) is 0 Å². The lowest BCUT2D eigenvalue weighted by Crippen LogP contribution is -2.65. The van der Waals surface area contributed by atoms with E-state index < -0.39 is 0 Å². The molecular formula is C23H37Cl2N3O2. The number of halogens is 2.